The molecule has 1 rings (SSSR count). The summed E-state index contributed by atoms with van der Waals surface area (Å²) in [4.78, 5) is 12.9. The molecular weight excluding hydrogens is 350 g/mol. The van der Waals surface area contributed by atoms with E-state index < -0.39 is 27.8 Å². The lowest BCUT2D eigenvalue weighted by Gasteiger charge is -2.32. The molecule has 0 aliphatic rings. The number of allylic oxidation sites excluding steroid dienone is 1. The minimum atomic E-state index is -4.01. The fourth-order valence-electron chi connectivity index (χ4n) is 2.42. The quantitative estimate of drug-likeness (QED) is 0.620. The molecule has 0 aromatic heterocycles. The van der Waals surface area contributed by atoms with Crippen LogP contribution in [-0.4, -0.2) is 30.5 Å². The van der Waals surface area contributed by atoms with Gasteiger partial charge < -0.3 is 4.74 Å². The number of hydrogen-bond donors (Lipinski definition) is 0. The lowest BCUT2D eigenvalue weighted by atomic mass is 10.1. The van der Waals surface area contributed by atoms with Gasteiger partial charge in [-0.25, -0.2) is 13.2 Å². The molecule has 0 heterocycles. The third kappa shape index (κ3) is 6.16. The Kier molecular flexibility index (Phi) is 7.87. The van der Waals surface area contributed by atoms with Crippen LogP contribution in [0.3, 0.4) is 0 Å². The number of ether oxygens (including phenoxy) is 1. The third-order valence-corrected chi connectivity index (χ3v) is 5.60. The highest BCUT2D eigenvalue weighted by molar-refractivity contribution is 7.89. The first-order chi connectivity index (χ1) is 12.0. The molecule has 1 unspecified atom stereocenters. The number of aryl methyl sites for hydroxylation is 1. The van der Waals surface area contributed by atoms with E-state index in [2.05, 4.69) is 0 Å². The molecular formula is C20H31NO4S. The van der Waals surface area contributed by atoms with Gasteiger partial charge in [0.25, 0.3) is 10.0 Å². The molecule has 0 aliphatic heterocycles. The van der Waals surface area contributed by atoms with Crippen LogP contribution < -0.4 is 0 Å². The first-order valence-corrected chi connectivity index (χ1v) is 10.5. The van der Waals surface area contributed by atoms with Gasteiger partial charge in [0.2, 0.25) is 0 Å². The number of hydrogen-bond acceptors (Lipinski definition) is 4. The molecule has 5 nitrogen and oxygen atoms in total. The van der Waals surface area contributed by atoms with Crippen LogP contribution in [0.4, 0.5) is 4.79 Å². The Morgan fingerprint density at radius 1 is 1.15 bits per heavy atom. The van der Waals surface area contributed by atoms with Gasteiger partial charge in [-0.1, -0.05) is 43.7 Å². The average Bonchev–Trinajstić information content (AvgIpc) is 2.52. The van der Waals surface area contributed by atoms with E-state index in [9.17, 15) is 13.2 Å². The molecule has 0 fully saturated rings. The minimum absolute atomic E-state index is 0.0897. The Balaban J connectivity index is 3.35. The molecule has 0 N–H and O–H groups in total. The van der Waals surface area contributed by atoms with Crippen molar-refractivity contribution in [3.05, 3.63) is 42.0 Å². The van der Waals surface area contributed by atoms with Gasteiger partial charge in [0.05, 0.1) is 10.9 Å². The van der Waals surface area contributed by atoms with Crippen LogP contribution in [0, 0.1) is 6.92 Å². The van der Waals surface area contributed by atoms with Crippen molar-refractivity contribution in [2.75, 3.05) is 0 Å². The zero-order valence-electron chi connectivity index (χ0n) is 16.7. The molecule has 0 radical (unpaired) electrons. The van der Waals surface area contributed by atoms with E-state index in [-0.39, 0.29) is 4.90 Å². The number of benzene rings is 1. The van der Waals surface area contributed by atoms with Gasteiger partial charge in [-0.3, -0.25) is 0 Å². The van der Waals surface area contributed by atoms with Crippen LogP contribution in [0.15, 0.2) is 41.3 Å². The SMILES string of the molecule is CC/C=C\CC(CC)N(C(=O)OC(C)(C)C)S(=O)(=O)c1ccc(C)cc1. The molecule has 0 aliphatic carbocycles. The zero-order valence-corrected chi connectivity index (χ0v) is 17.5. The van der Waals surface area contributed by atoms with Crippen LogP contribution >= 0.6 is 0 Å². The molecule has 0 saturated carbocycles. The number of sulfonamides is 1. The lowest BCUT2D eigenvalue weighted by Crippen LogP contribution is -2.46. The van der Waals surface area contributed by atoms with Gasteiger partial charge >= 0.3 is 6.09 Å². The molecule has 1 atom stereocenters. The second-order valence-corrected chi connectivity index (χ2v) is 9.09. The monoisotopic (exact) mass is 381 g/mol. The summed E-state index contributed by atoms with van der Waals surface area (Å²) in [5.74, 6) is 0. The molecule has 6 heteroatoms. The number of nitrogens with zero attached hydrogens (tertiary/aromatic N) is 1. The van der Waals surface area contributed by atoms with Crippen LogP contribution in [0.1, 0.15) is 59.4 Å². The van der Waals surface area contributed by atoms with Gasteiger partial charge in [0, 0.05) is 0 Å². The summed E-state index contributed by atoms with van der Waals surface area (Å²) < 4.78 is 32.7. The van der Waals surface area contributed by atoms with E-state index in [1.807, 2.05) is 32.9 Å². The molecule has 1 aromatic carbocycles. The Hall–Kier alpha value is -1.82. The van der Waals surface area contributed by atoms with E-state index in [0.29, 0.717) is 12.8 Å². The summed E-state index contributed by atoms with van der Waals surface area (Å²) >= 11 is 0. The summed E-state index contributed by atoms with van der Waals surface area (Å²) in [6.45, 7) is 10.9. The van der Waals surface area contributed by atoms with Gasteiger partial charge in [-0.2, -0.15) is 4.31 Å². The van der Waals surface area contributed by atoms with E-state index in [1.54, 1.807) is 32.9 Å². The Bertz CT molecular complexity index is 715. The first-order valence-electron chi connectivity index (χ1n) is 9.02. The van der Waals surface area contributed by atoms with Crippen molar-refractivity contribution in [3.8, 4) is 0 Å². The van der Waals surface area contributed by atoms with Gasteiger partial charge in [-0.05, 0) is 59.1 Å². The second kappa shape index (κ2) is 9.21. The number of rotatable bonds is 7. The summed E-state index contributed by atoms with van der Waals surface area (Å²) in [7, 11) is -4.01. The van der Waals surface area contributed by atoms with Crippen LogP contribution in [0.5, 0.6) is 0 Å². The highest BCUT2D eigenvalue weighted by Crippen LogP contribution is 2.25. The predicted molar refractivity (Wildman–Crippen MR) is 105 cm³/mol. The Morgan fingerprint density at radius 3 is 2.19 bits per heavy atom. The minimum Gasteiger partial charge on any atom is -0.443 e. The normalized spacial score (nSPS) is 13.6. The fraction of sp³-hybridized carbons (Fsp3) is 0.550. The summed E-state index contributed by atoms with van der Waals surface area (Å²) in [6.07, 6.45) is 4.85. The van der Waals surface area contributed by atoms with Crippen molar-refractivity contribution in [1.82, 2.24) is 4.31 Å². The highest BCUT2D eigenvalue weighted by atomic mass is 32.2. The number of amides is 1. The maximum absolute atomic E-state index is 13.2. The van der Waals surface area contributed by atoms with Crippen LogP contribution in [0.2, 0.25) is 0 Å². The zero-order chi connectivity index (χ0) is 20.0. The van der Waals surface area contributed by atoms with Crippen molar-refractivity contribution in [2.24, 2.45) is 0 Å². The molecule has 0 saturated heterocycles. The van der Waals surface area contributed by atoms with Gasteiger partial charge in [0.15, 0.2) is 0 Å². The summed E-state index contributed by atoms with van der Waals surface area (Å²) in [5.41, 5.74) is 0.168. The molecule has 1 amide bonds. The largest absolute Gasteiger partial charge is 0.443 e. The van der Waals surface area contributed by atoms with Crippen molar-refractivity contribution < 1.29 is 17.9 Å². The van der Waals surface area contributed by atoms with Crippen LogP contribution in [-0.2, 0) is 14.8 Å². The Labute approximate surface area is 158 Å². The van der Waals surface area contributed by atoms with Crippen molar-refractivity contribution in [2.45, 2.75) is 77.3 Å². The maximum atomic E-state index is 13.2. The first kappa shape index (κ1) is 22.2. The second-order valence-electron chi connectivity index (χ2n) is 7.27. The predicted octanol–water partition coefficient (Wildman–Crippen LogP) is 5.06. The molecule has 26 heavy (non-hydrogen) atoms. The average molecular weight is 382 g/mol. The van der Waals surface area contributed by atoms with Gasteiger partial charge in [-0.15, -0.1) is 0 Å². The topological polar surface area (TPSA) is 63.7 Å². The Morgan fingerprint density at radius 2 is 1.73 bits per heavy atom. The van der Waals surface area contributed by atoms with E-state index in [0.717, 1.165) is 16.3 Å². The highest BCUT2D eigenvalue weighted by Gasteiger charge is 2.37. The summed E-state index contributed by atoms with van der Waals surface area (Å²) in [5, 5.41) is 0. The van der Waals surface area contributed by atoms with E-state index in [4.69, 9.17) is 4.74 Å². The lowest BCUT2D eigenvalue weighted by molar-refractivity contribution is 0.0337. The molecule has 1 aromatic rings. The summed E-state index contributed by atoms with van der Waals surface area (Å²) in [6, 6.07) is 5.99. The smallest absolute Gasteiger partial charge is 0.424 e. The van der Waals surface area contributed by atoms with Crippen molar-refractivity contribution in [1.29, 1.82) is 0 Å². The third-order valence-electron chi connectivity index (χ3n) is 3.76. The maximum Gasteiger partial charge on any atom is 0.424 e. The van der Waals surface area contributed by atoms with Gasteiger partial charge in [0.1, 0.15) is 5.60 Å². The van der Waals surface area contributed by atoms with Crippen LogP contribution in [0.25, 0.3) is 0 Å². The van der Waals surface area contributed by atoms with E-state index in [1.165, 1.54) is 12.1 Å². The standard InChI is InChI=1S/C20H31NO4S/c1-7-9-10-11-17(8-2)21(19(22)25-20(4,5)6)26(23,24)18-14-12-16(3)13-15-18/h9-10,12-15,17H,7-8,11H2,1-6H3/b10-9-. The fourth-order valence-corrected chi connectivity index (χ4v) is 3.99. The molecule has 0 bridgehead atoms. The molecule has 146 valence electrons. The number of carbonyl (C=O) groups is 1. The molecule has 0 spiro atoms. The number of carbonyl (C=O) groups excluding carboxylic acids is 1. The van der Waals surface area contributed by atoms with E-state index >= 15 is 0 Å². The van der Waals surface area contributed by atoms with Crippen molar-refractivity contribution >= 4 is 16.1 Å². The van der Waals surface area contributed by atoms with Crippen molar-refractivity contribution in [3.63, 3.8) is 0 Å².